The molecule has 212 valence electrons. The highest BCUT2D eigenvalue weighted by Gasteiger charge is 2.29. The molecular weight excluding hydrogens is 518 g/mol. The SMILES string of the molecule is C=CC(=O)Nc1cc(Nc2cc(N3OCCC3c3cc(F)cc(F)c3)ccn2)c(OC)cc1N(C)CCN(C)C. The van der Waals surface area contributed by atoms with Crippen LogP contribution in [0.2, 0.25) is 0 Å². The first kappa shape index (κ1) is 28.8. The lowest BCUT2D eigenvalue weighted by molar-refractivity contribution is -0.111. The van der Waals surface area contributed by atoms with Crippen molar-refractivity contribution in [1.29, 1.82) is 0 Å². The van der Waals surface area contributed by atoms with Gasteiger partial charge in [-0.05, 0) is 50.0 Å². The van der Waals surface area contributed by atoms with Gasteiger partial charge in [0.15, 0.2) is 0 Å². The number of likely N-dealkylation sites (N-methyl/N-ethyl adjacent to an activating group) is 2. The van der Waals surface area contributed by atoms with Crippen LogP contribution in [0.4, 0.5) is 37.3 Å². The van der Waals surface area contributed by atoms with E-state index in [0.717, 1.165) is 24.8 Å². The third-order valence-corrected chi connectivity index (χ3v) is 6.49. The number of halogens is 2. The van der Waals surface area contributed by atoms with Crippen LogP contribution in [0.1, 0.15) is 18.0 Å². The van der Waals surface area contributed by atoms with Crippen LogP contribution in [0.25, 0.3) is 0 Å². The molecule has 0 saturated carbocycles. The molecule has 1 aromatic heterocycles. The zero-order valence-electron chi connectivity index (χ0n) is 23.1. The first-order valence-electron chi connectivity index (χ1n) is 12.8. The molecule has 1 atom stereocenters. The van der Waals surface area contributed by atoms with Crippen molar-refractivity contribution in [1.82, 2.24) is 9.88 Å². The average Bonchev–Trinajstić information content (AvgIpc) is 3.42. The van der Waals surface area contributed by atoms with Gasteiger partial charge in [-0.15, -0.1) is 0 Å². The van der Waals surface area contributed by atoms with E-state index in [9.17, 15) is 13.6 Å². The predicted molar refractivity (Wildman–Crippen MR) is 153 cm³/mol. The molecule has 2 heterocycles. The summed E-state index contributed by atoms with van der Waals surface area (Å²) < 4.78 is 33.5. The number of hydrogen-bond acceptors (Lipinski definition) is 8. The second-order valence-corrected chi connectivity index (χ2v) is 9.68. The largest absolute Gasteiger partial charge is 0.494 e. The van der Waals surface area contributed by atoms with Gasteiger partial charge in [-0.3, -0.25) is 9.63 Å². The number of pyridine rings is 1. The fourth-order valence-corrected chi connectivity index (χ4v) is 4.46. The number of carbonyl (C=O) groups excluding carboxylic acids is 1. The number of hydrogen-bond donors (Lipinski definition) is 2. The molecule has 0 aliphatic carbocycles. The Morgan fingerprint density at radius 1 is 1.15 bits per heavy atom. The van der Waals surface area contributed by atoms with Gasteiger partial charge in [-0.25, -0.2) is 18.8 Å². The minimum absolute atomic E-state index is 0.343. The molecule has 0 radical (unpaired) electrons. The quantitative estimate of drug-likeness (QED) is 0.318. The number of carbonyl (C=O) groups is 1. The Labute approximate surface area is 233 Å². The summed E-state index contributed by atoms with van der Waals surface area (Å²) >= 11 is 0. The van der Waals surface area contributed by atoms with Gasteiger partial charge in [-0.2, -0.15) is 0 Å². The molecule has 2 aromatic carbocycles. The Morgan fingerprint density at radius 3 is 2.58 bits per heavy atom. The molecule has 40 heavy (non-hydrogen) atoms. The highest BCUT2D eigenvalue weighted by atomic mass is 19.1. The molecule has 9 nitrogen and oxygen atoms in total. The van der Waals surface area contributed by atoms with Crippen molar-refractivity contribution in [3.05, 3.63) is 78.5 Å². The molecule has 1 aliphatic heterocycles. The molecule has 1 aliphatic rings. The summed E-state index contributed by atoms with van der Waals surface area (Å²) in [6, 6.07) is 10.3. The van der Waals surface area contributed by atoms with Crippen molar-refractivity contribution in [2.75, 3.05) is 68.5 Å². The van der Waals surface area contributed by atoms with E-state index in [1.807, 2.05) is 32.1 Å². The summed E-state index contributed by atoms with van der Waals surface area (Å²) in [5.41, 5.74) is 3.06. The topological polar surface area (TPSA) is 82.2 Å². The van der Waals surface area contributed by atoms with Crippen LogP contribution in [0.5, 0.6) is 5.75 Å². The summed E-state index contributed by atoms with van der Waals surface area (Å²) in [7, 11) is 7.50. The molecule has 2 N–H and O–H groups in total. The molecule has 11 heteroatoms. The minimum Gasteiger partial charge on any atom is -0.494 e. The maximum absolute atomic E-state index is 13.9. The van der Waals surface area contributed by atoms with Crippen LogP contribution >= 0.6 is 0 Å². The standard InChI is InChI=1S/C29H34F2N6O3/c1-6-29(38)34-23-17-24(27(39-5)18-26(23)36(4)11-10-35(2)3)33-28-16-22(7-9-32-28)37-25(8-12-40-37)19-13-20(30)15-21(31)14-19/h6-7,9,13-18,25H,1,8,10-12H2,2-5H3,(H,32,33)(H,34,38). The van der Waals surface area contributed by atoms with Crippen LogP contribution < -0.4 is 25.3 Å². The lowest BCUT2D eigenvalue weighted by atomic mass is 10.0. The van der Waals surface area contributed by atoms with Gasteiger partial charge >= 0.3 is 0 Å². The van der Waals surface area contributed by atoms with Crippen LogP contribution in [-0.2, 0) is 9.63 Å². The zero-order valence-corrected chi connectivity index (χ0v) is 23.1. The Morgan fingerprint density at radius 2 is 1.90 bits per heavy atom. The zero-order chi connectivity index (χ0) is 28.8. The van der Waals surface area contributed by atoms with Crippen LogP contribution in [-0.4, -0.2) is 63.7 Å². The molecule has 1 fully saturated rings. The molecule has 1 amide bonds. The highest BCUT2D eigenvalue weighted by Crippen LogP contribution is 2.40. The van der Waals surface area contributed by atoms with E-state index in [2.05, 4.69) is 27.1 Å². The summed E-state index contributed by atoms with van der Waals surface area (Å²) in [5.74, 6) is -0.599. The Balaban J connectivity index is 1.64. The van der Waals surface area contributed by atoms with Crippen molar-refractivity contribution in [2.45, 2.75) is 12.5 Å². The van der Waals surface area contributed by atoms with Gasteiger partial charge in [0.1, 0.15) is 23.2 Å². The number of anilines is 5. The Kier molecular flexibility index (Phi) is 9.18. The van der Waals surface area contributed by atoms with Crippen molar-refractivity contribution in [3.63, 3.8) is 0 Å². The predicted octanol–water partition coefficient (Wildman–Crippen LogP) is 5.12. The lowest BCUT2D eigenvalue weighted by Crippen LogP contribution is -2.29. The molecule has 4 rings (SSSR count). The summed E-state index contributed by atoms with van der Waals surface area (Å²) in [4.78, 5) is 26.6. The summed E-state index contributed by atoms with van der Waals surface area (Å²) in [6.45, 7) is 5.49. The Hall–Kier alpha value is -4.22. The van der Waals surface area contributed by atoms with E-state index < -0.39 is 11.6 Å². The second-order valence-electron chi connectivity index (χ2n) is 9.68. The van der Waals surface area contributed by atoms with Crippen molar-refractivity contribution in [3.8, 4) is 5.75 Å². The maximum Gasteiger partial charge on any atom is 0.247 e. The van der Waals surface area contributed by atoms with Crippen LogP contribution in [0.3, 0.4) is 0 Å². The second kappa shape index (κ2) is 12.8. The number of methoxy groups -OCH3 is 1. The lowest BCUT2D eigenvalue weighted by Gasteiger charge is -2.26. The average molecular weight is 553 g/mol. The third-order valence-electron chi connectivity index (χ3n) is 6.49. The number of nitrogens with one attached hydrogen (secondary N) is 2. The normalized spacial score (nSPS) is 14.8. The minimum atomic E-state index is -0.638. The van der Waals surface area contributed by atoms with E-state index >= 15 is 0 Å². The highest BCUT2D eigenvalue weighted by molar-refractivity contribution is 6.02. The number of benzene rings is 2. The first-order chi connectivity index (χ1) is 19.2. The van der Waals surface area contributed by atoms with Crippen LogP contribution in [0, 0.1) is 11.6 Å². The maximum atomic E-state index is 13.9. The molecule has 0 spiro atoms. The monoisotopic (exact) mass is 552 g/mol. The van der Waals surface area contributed by atoms with E-state index in [-0.39, 0.29) is 11.9 Å². The summed E-state index contributed by atoms with van der Waals surface area (Å²) in [6.07, 6.45) is 3.39. The van der Waals surface area contributed by atoms with Gasteiger partial charge in [0.25, 0.3) is 0 Å². The molecular formula is C29H34F2N6O3. The van der Waals surface area contributed by atoms with Crippen molar-refractivity contribution in [2.24, 2.45) is 0 Å². The van der Waals surface area contributed by atoms with E-state index in [1.165, 1.54) is 18.2 Å². The van der Waals surface area contributed by atoms with Gasteiger partial charge in [0.05, 0.1) is 42.5 Å². The fourth-order valence-electron chi connectivity index (χ4n) is 4.46. The van der Waals surface area contributed by atoms with Crippen molar-refractivity contribution < 1.29 is 23.1 Å². The number of amides is 1. The van der Waals surface area contributed by atoms with Crippen molar-refractivity contribution >= 4 is 34.5 Å². The van der Waals surface area contributed by atoms with Gasteiger partial charge in [0, 0.05) is 51.0 Å². The number of hydroxylamine groups is 1. The summed E-state index contributed by atoms with van der Waals surface area (Å²) in [5, 5.41) is 7.78. The number of ether oxygens (including phenoxy) is 1. The number of aromatic nitrogens is 1. The molecule has 1 unspecified atom stereocenters. The molecule has 0 bridgehead atoms. The van der Waals surface area contributed by atoms with E-state index in [1.54, 1.807) is 36.6 Å². The Bertz CT molecular complexity index is 1350. The number of rotatable bonds is 11. The first-order valence-corrected chi connectivity index (χ1v) is 12.8. The van der Waals surface area contributed by atoms with Crippen LogP contribution in [0.15, 0.2) is 61.3 Å². The number of nitrogens with zero attached hydrogens (tertiary/aromatic N) is 4. The van der Waals surface area contributed by atoms with Gasteiger partial charge < -0.3 is 25.2 Å². The smallest absolute Gasteiger partial charge is 0.247 e. The fraction of sp³-hybridized carbons (Fsp3) is 0.310. The van der Waals surface area contributed by atoms with Gasteiger partial charge in [0.2, 0.25) is 5.91 Å². The van der Waals surface area contributed by atoms with Gasteiger partial charge in [-0.1, -0.05) is 6.58 Å². The van der Waals surface area contributed by atoms with E-state index in [0.29, 0.717) is 47.2 Å². The van der Waals surface area contributed by atoms with E-state index in [4.69, 9.17) is 9.57 Å². The molecule has 3 aromatic rings. The molecule has 1 saturated heterocycles. The third kappa shape index (κ3) is 6.85.